The van der Waals surface area contributed by atoms with Crippen molar-refractivity contribution in [1.82, 2.24) is 9.97 Å². The van der Waals surface area contributed by atoms with Crippen LogP contribution in [-0.2, 0) is 0 Å². The van der Waals surface area contributed by atoms with Crippen molar-refractivity contribution in [2.45, 2.75) is 0 Å². The number of anilines is 2. The molecule has 8 heteroatoms. The predicted octanol–water partition coefficient (Wildman–Crippen LogP) is 2.79. The average Bonchev–Trinajstić information content (AvgIpc) is 2.39. The van der Waals surface area contributed by atoms with Crippen molar-refractivity contribution in [2.24, 2.45) is 0 Å². The van der Waals surface area contributed by atoms with E-state index in [1.54, 1.807) is 12.1 Å². The number of halogens is 1. The van der Waals surface area contributed by atoms with E-state index >= 15 is 0 Å². The van der Waals surface area contributed by atoms with E-state index in [2.05, 4.69) is 15.3 Å². The van der Waals surface area contributed by atoms with E-state index < -0.39 is 4.92 Å². The Morgan fingerprint density at radius 2 is 2.26 bits per heavy atom. The minimum Gasteiger partial charge on any atom is -0.491 e. The Hall–Kier alpha value is -2.41. The molecule has 0 aliphatic carbocycles. The minimum absolute atomic E-state index is 0.0240. The van der Waals surface area contributed by atoms with E-state index in [4.69, 9.17) is 16.3 Å². The Morgan fingerprint density at radius 1 is 1.47 bits per heavy atom. The van der Waals surface area contributed by atoms with Gasteiger partial charge in [0.15, 0.2) is 11.6 Å². The quantitative estimate of drug-likeness (QED) is 0.526. The lowest BCUT2D eigenvalue weighted by Crippen LogP contribution is -1.99. The SMILES string of the molecule is COc1cnc(Cl)nc1Nc1cccc([N+](=O)[O-])c1. The van der Waals surface area contributed by atoms with Crippen LogP contribution in [0.15, 0.2) is 30.5 Å². The number of ether oxygens (including phenoxy) is 1. The number of aromatic nitrogens is 2. The first kappa shape index (κ1) is 13.0. The third-order valence-corrected chi connectivity index (χ3v) is 2.45. The van der Waals surface area contributed by atoms with Crippen molar-refractivity contribution in [3.05, 3.63) is 45.9 Å². The van der Waals surface area contributed by atoms with Gasteiger partial charge in [-0.25, -0.2) is 4.98 Å². The van der Waals surface area contributed by atoms with Gasteiger partial charge in [-0.05, 0) is 17.7 Å². The minimum atomic E-state index is -0.477. The molecule has 0 saturated carbocycles. The van der Waals surface area contributed by atoms with Crippen molar-refractivity contribution >= 4 is 28.8 Å². The number of hydrogen-bond donors (Lipinski definition) is 1. The molecule has 1 heterocycles. The number of hydrogen-bond acceptors (Lipinski definition) is 6. The van der Waals surface area contributed by atoms with E-state index in [0.717, 1.165) is 0 Å². The summed E-state index contributed by atoms with van der Waals surface area (Å²) in [7, 11) is 1.46. The molecule has 0 aliphatic heterocycles. The Morgan fingerprint density at radius 3 is 2.95 bits per heavy atom. The van der Waals surface area contributed by atoms with Crippen molar-refractivity contribution in [3.63, 3.8) is 0 Å². The number of methoxy groups -OCH3 is 1. The number of nitro benzene ring substituents is 1. The van der Waals surface area contributed by atoms with Crippen molar-refractivity contribution in [1.29, 1.82) is 0 Å². The van der Waals surface area contributed by atoms with E-state index in [0.29, 0.717) is 17.3 Å². The summed E-state index contributed by atoms with van der Waals surface area (Å²) in [6.07, 6.45) is 1.41. The maximum atomic E-state index is 10.7. The molecule has 98 valence electrons. The van der Waals surface area contributed by atoms with Gasteiger partial charge in [0.2, 0.25) is 5.28 Å². The Labute approximate surface area is 113 Å². The first-order valence-electron chi connectivity index (χ1n) is 5.18. The summed E-state index contributed by atoms with van der Waals surface area (Å²) in [5, 5.41) is 13.6. The molecule has 0 spiro atoms. The summed E-state index contributed by atoms with van der Waals surface area (Å²) < 4.78 is 5.07. The van der Waals surface area contributed by atoms with Crippen LogP contribution >= 0.6 is 11.6 Å². The van der Waals surface area contributed by atoms with Gasteiger partial charge in [-0.15, -0.1) is 0 Å². The van der Waals surface area contributed by atoms with Crippen molar-refractivity contribution in [3.8, 4) is 5.75 Å². The molecule has 0 aliphatic rings. The number of nitro groups is 1. The van der Waals surface area contributed by atoms with Crippen LogP contribution in [0.3, 0.4) is 0 Å². The molecular weight excluding hydrogens is 272 g/mol. The summed E-state index contributed by atoms with van der Waals surface area (Å²) >= 11 is 5.70. The zero-order valence-corrected chi connectivity index (χ0v) is 10.6. The van der Waals surface area contributed by atoms with Crippen LogP contribution in [-0.4, -0.2) is 22.0 Å². The fourth-order valence-electron chi connectivity index (χ4n) is 1.42. The predicted molar refractivity (Wildman–Crippen MR) is 70.0 cm³/mol. The van der Waals surface area contributed by atoms with Gasteiger partial charge in [0.1, 0.15) is 0 Å². The third kappa shape index (κ3) is 3.08. The van der Waals surface area contributed by atoms with Crippen LogP contribution in [0.25, 0.3) is 0 Å². The highest BCUT2D eigenvalue weighted by molar-refractivity contribution is 6.28. The van der Waals surface area contributed by atoms with E-state index in [9.17, 15) is 10.1 Å². The van der Waals surface area contributed by atoms with Gasteiger partial charge in [0, 0.05) is 17.8 Å². The number of benzene rings is 1. The normalized spacial score (nSPS) is 10.0. The van der Waals surface area contributed by atoms with Gasteiger partial charge < -0.3 is 10.1 Å². The molecule has 7 nitrogen and oxygen atoms in total. The lowest BCUT2D eigenvalue weighted by molar-refractivity contribution is -0.384. The number of nitrogens with one attached hydrogen (secondary N) is 1. The summed E-state index contributed by atoms with van der Waals surface area (Å²) in [6.45, 7) is 0. The molecule has 0 saturated heterocycles. The molecule has 0 bridgehead atoms. The highest BCUT2D eigenvalue weighted by Crippen LogP contribution is 2.27. The molecule has 1 aromatic heterocycles. The number of rotatable bonds is 4. The molecular formula is C11H9ClN4O3. The molecule has 0 radical (unpaired) electrons. The Kier molecular flexibility index (Phi) is 3.76. The highest BCUT2D eigenvalue weighted by Gasteiger charge is 2.10. The molecule has 19 heavy (non-hydrogen) atoms. The largest absolute Gasteiger partial charge is 0.491 e. The molecule has 0 atom stereocenters. The Balaban J connectivity index is 2.33. The molecule has 1 aromatic carbocycles. The number of nitrogens with zero attached hydrogens (tertiary/aromatic N) is 3. The van der Waals surface area contributed by atoms with Crippen LogP contribution in [0.2, 0.25) is 5.28 Å². The third-order valence-electron chi connectivity index (χ3n) is 2.27. The number of non-ortho nitro benzene ring substituents is 1. The summed E-state index contributed by atoms with van der Waals surface area (Å²) in [6, 6.07) is 6.02. The second-order valence-corrected chi connectivity index (χ2v) is 3.83. The van der Waals surface area contributed by atoms with Gasteiger partial charge >= 0.3 is 0 Å². The molecule has 0 amide bonds. The second kappa shape index (κ2) is 5.49. The van der Waals surface area contributed by atoms with Gasteiger partial charge in [-0.2, -0.15) is 4.98 Å². The van der Waals surface area contributed by atoms with Crippen LogP contribution in [0.5, 0.6) is 5.75 Å². The van der Waals surface area contributed by atoms with Crippen molar-refractivity contribution < 1.29 is 9.66 Å². The molecule has 0 unspecified atom stereocenters. The monoisotopic (exact) mass is 280 g/mol. The topological polar surface area (TPSA) is 90.2 Å². The maximum Gasteiger partial charge on any atom is 0.271 e. The van der Waals surface area contributed by atoms with E-state index in [1.807, 2.05) is 0 Å². The fraction of sp³-hybridized carbons (Fsp3) is 0.0909. The summed E-state index contributed by atoms with van der Waals surface area (Å²) in [5.74, 6) is 0.721. The Bertz CT molecular complexity index is 621. The van der Waals surface area contributed by atoms with Crippen LogP contribution in [0.4, 0.5) is 17.2 Å². The second-order valence-electron chi connectivity index (χ2n) is 3.49. The van der Waals surface area contributed by atoms with Gasteiger partial charge in [-0.1, -0.05) is 6.07 Å². The van der Waals surface area contributed by atoms with Gasteiger partial charge in [-0.3, -0.25) is 10.1 Å². The molecule has 0 fully saturated rings. The summed E-state index contributed by atoms with van der Waals surface area (Å²) in [5.41, 5.74) is 0.478. The van der Waals surface area contributed by atoms with Crippen molar-refractivity contribution in [2.75, 3.05) is 12.4 Å². The molecule has 2 rings (SSSR count). The van der Waals surface area contributed by atoms with Gasteiger partial charge in [0.05, 0.1) is 18.2 Å². The maximum absolute atomic E-state index is 10.7. The van der Waals surface area contributed by atoms with Crippen LogP contribution in [0.1, 0.15) is 0 Å². The summed E-state index contributed by atoms with van der Waals surface area (Å²) in [4.78, 5) is 18.0. The smallest absolute Gasteiger partial charge is 0.271 e. The molecule has 1 N–H and O–H groups in total. The lowest BCUT2D eigenvalue weighted by atomic mass is 10.3. The zero-order chi connectivity index (χ0) is 13.8. The van der Waals surface area contributed by atoms with Crippen LogP contribution < -0.4 is 10.1 Å². The van der Waals surface area contributed by atoms with Crippen LogP contribution in [0, 0.1) is 10.1 Å². The lowest BCUT2D eigenvalue weighted by Gasteiger charge is -2.09. The van der Waals surface area contributed by atoms with E-state index in [1.165, 1.54) is 25.4 Å². The molecule has 2 aromatic rings. The average molecular weight is 281 g/mol. The van der Waals surface area contributed by atoms with Gasteiger partial charge in [0.25, 0.3) is 5.69 Å². The zero-order valence-electron chi connectivity index (χ0n) is 9.83. The first-order valence-corrected chi connectivity index (χ1v) is 5.56. The first-order chi connectivity index (χ1) is 9.10. The standard InChI is InChI=1S/C11H9ClN4O3/c1-19-9-6-13-11(12)15-10(9)14-7-3-2-4-8(5-7)16(17)18/h2-6H,1H3,(H,13,14,15). The fourth-order valence-corrected chi connectivity index (χ4v) is 1.56. The highest BCUT2D eigenvalue weighted by atomic mass is 35.5. The van der Waals surface area contributed by atoms with E-state index in [-0.39, 0.29) is 11.0 Å².